The smallest absolute Gasteiger partial charge is 0.337 e. The monoisotopic (exact) mass is 345 g/mol. The second kappa shape index (κ2) is 5.48. The van der Waals surface area contributed by atoms with Crippen LogP contribution in [-0.4, -0.2) is 11.6 Å². The summed E-state index contributed by atoms with van der Waals surface area (Å²) in [6, 6.07) is 0. The fraction of sp³-hybridized carbons (Fsp3) is 0.308. The van der Waals surface area contributed by atoms with E-state index in [1.165, 1.54) is 0 Å². The number of nitrogens with zero attached hydrogens (tertiary/aromatic N) is 1. The molecule has 21 heavy (non-hydrogen) atoms. The fourth-order valence-electron chi connectivity index (χ4n) is 2.57. The number of hydrazone groups is 1. The zero-order valence-electron chi connectivity index (χ0n) is 10.8. The van der Waals surface area contributed by atoms with Gasteiger partial charge in [-0.3, -0.25) is 4.79 Å². The zero-order chi connectivity index (χ0) is 15.1. The number of hydrogen-bond donors (Lipinski definition) is 2. The first-order valence-electron chi connectivity index (χ1n) is 6.37. The van der Waals surface area contributed by atoms with E-state index in [0.29, 0.717) is 11.8 Å². The van der Waals surface area contributed by atoms with Gasteiger partial charge in [0.2, 0.25) is 0 Å². The number of carbonyl (C=O) groups is 1. The average molecular weight is 347 g/mol. The van der Waals surface area contributed by atoms with Crippen molar-refractivity contribution in [2.24, 2.45) is 16.9 Å². The molecule has 0 bridgehead atoms. The maximum Gasteiger partial charge on any atom is 0.337 e. The Morgan fingerprint density at radius 2 is 2.14 bits per heavy atom. The van der Waals surface area contributed by atoms with E-state index in [9.17, 15) is 4.79 Å². The highest BCUT2D eigenvalue weighted by molar-refractivity contribution is 6.45. The number of aromatic nitrogens is 1. The lowest BCUT2D eigenvalue weighted by Crippen LogP contribution is -2.36. The fourth-order valence-corrected chi connectivity index (χ4v) is 3.18. The van der Waals surface area contributed by atoms with E-state index < -0.39 is 5.91 Å². The van der Waals surface area contributed by atoms with Gasteiger partial charge in [0.15, 0.2) is 0 Å². The summed E-state index contributed by atoms with van der Waals surface area (Å²) in [5, 5.41) is 4.32. The van der Waals surface area contributed by atoms with Crippen molar-refractivity contribution >= 4 is 52.1 Å². The number of halogens is 3. The van der Waals surface area contributed by atoms with Gasteiger partial charge in [0, 0.05) is 11.6 Å². The molecule has 1 saturated carbocycles. The summed E-state index contributed by atoms with van der Waals surface area (Å²) in [7, 11) is 0. The number of hydrogen-bond acceptors (Lipinski definition) is 3. The lowest BCUT2D eigenvalue weighted by atomic mass is 9.74. The molecule has 0 unspecified atom stereocenters. The van der Waals surface area contributed by atoms with E-state index >= 15 is 0 Å². The molecule has 110 valence electrons. The van der Waals surface area contributed by atoms with Crippen LogP contribution in [0.5, 0.6) is 0 Å². The van der Waals surface area contributed by atoms with Gasteiger partial charge in [-0.1, -0.05) is 35.4 Å². The Labute approximate surface area is 136 Å². The van der Waals surface area contributed by atoms with Crippen LogP contribution >= 0.6 is 34.8 Å². The number of amides is 1. The Morgan fingerprint density at radius 1 is 1.38 bits per heavy atom. The van der Waals surface area contributed by atoms with Crippen molar-refractivity contribution in [2.45, 2.75) is 12.8 Å². The molecule has 1 aromatic heterocycles. The van der Waals surface area contributed by atoms with E-state index in [4.69, 9.17) is 40.5 Å². The number of carbonyl (C=O) groups excluding carboxylic acids is 1. The molecule has 0 radical (unpaired) electrons. The summed E-state index contributed by atoms with van der Waals surface area (Å²) >= 11 is 17.7. The number of H-pyrrole nitrogens is 1. The van der Waals surface area contributed by atoms with E-state index in [0.717, 1.165) is 18.6 Å². The number of rotatable bonds is 2. The van der Waals surface area contributed by atoms with Gasteiger partial charge in [0.25, 0.3) is 10.8 Å². The number of fused-ring (bicyclic) bond motifs is 1. The highest BCUT2D eigenvalue weighted by Gasteiger charge is 2.38. The van der Waals surface area contributed by atoms with Crippen LogP contribution in [0.25, 0.3) is 0 Å². The second-order valence-electron chi connectivity index (χ2n) is 5.04. The summed E-state index contributed by atoms with van der Waals surface area (Å²) in [5.74, 6) is 0.479. The molecule has 5 nitrogen and oxygen atoms in total. The Hall–Kier alpha value is -1.30. The quantitative estimate of drug-likeness (QED) is 0.490. The first-order valence-corrected chi connectivity index (χ1v) is 7.51. The van der Waals surface area contributed by atoms with Crippen LogP contribution in [0.1, 0.15) is 23.3 Å². The summed E-state index contributed by atoms with van der Waals surface area (Å²) in [6.07, 6.45) is 6.19. The van der Waals surface area contributed by atoms with Crippen molar-refractivity contribution in [3.8, 4) is 0 Å². The Bertz CT molecular complexity index is 686. The van der Waals surface area contributed by atoms with Crippen molar-refractivity contribution < 1.29 is 9.78 Å². The van der Waals surface area contributed by atoms with Crippen LogP contribution in [0.4, 0.5) is 5.69 Å². The summed E-state index contributed by atoms with van der Waals surface area (Å²) in [5.41, 5.74) is 9.25. The van der Waals surface area contributed by atoms with E-state index in [1.54, 1.807) is 0 Å². The molecule has 4 N–H and O–H groups in total. The van der Waals surface area contributed by atoms with Gasteiger partial charge in [-0.2, -0.15) is 10.1 Å². The number of pyridine rings is 1. The SMILES string of the molecule is Nc1c(Cl)c(Cl)[nH+]c(C(=O)N/N=C2\C[C@H]3C=CC[C@@H]23)c1Cl. The standard InChI is InChI=1S/C13H11Cl3N4O/c14-8-10(17)9(15)12(16)18-11(8)13(21)20-19-7-4-5-2-1-3-6(5)7/h1-2,5-6H,3-4H2,(H2,17,18)(H,20,21)/p+1/b19-7+/t5-,6-/m1/s1. The first kappa shape index (κ1) is 14.6. The highest BCUT2D eigenvalue weighted by atomic mass is 35.5. The van der Waals surface area contributed by atoms with Gasteiger partial charge in [-0.05, 0) is 30.4 Å². The third-order valence-corrected chi connectivity index (χ3v) is 4.98. The van der Waals surface area contributed by atoms with Crippen molar-refractivity contribution in [1.29, 1.82) is 0 Å². The van der Waals surface area contributed by atoms with Crippen molar-refractivity contribution in [3.63, 3.8) is 0 Å². The topological polar surface area (TPSA) is 81.6 Å². The minimum atomic E-state index is -0.507. The Balaban J connectivity index is 1.76. The van der Waals surface area contributed by atoms with Crippen LogP contribution < -0.4 is 16.1 Å². The molecular formula is C13H12Cl3N4O+. The molecule has 2 aliphatic carbocycles. The molecule has 0 aromatic carbocycles. The molecule has 1 amide bonds. The first-order chi connectivity index (χ1) is 9.99. The van der Waals surface area contributed by atoms with Crippen LogP contribution in [0.15, 0.2) is 17.3 Å². The summed E-state index contributed by atoms with van der Waals surface area (Å²) < 4.78 is 0. The predicted octanol–water partition coefficient (Wildman–Crippen LogP) is 2.72. The average Bonchev–Trinajstić information content (AvgIpc) is 2.82. The number of nitrogens with one attached hydrogen (secondary N) is 2. The van der Waals surface area contributed by atoms with E-state index in [2.05, 4.69) is 27.7 Å². The molecule has 1 heterocycles. The van der Waals surface area contributed by atoms with Gasteiger partial charge < -0.3 is 5.73 Å². The van der Waals surface area contributed by atoms with Crippen molar-refractivity contribution in [1.82, 2.24) is 5.43 Å². The lowest BCUT2D eigenvalue weighted by molar-refractivity contribution is -0.379. The minimum absolute atomic E-state index is 0.0242. The lowest BCUT2D eigenvalue weighted by Gasteiger charge is -2.31. The normalized spacial score (nSPS) is 24.8. The van der Waals surface area contributed by atoms with Crippen LogP contribution in [0.2, 0.25) is 15.2 Å². The number of anilines is 1. The molecule has 1 aromatic rings. The van der Waals surface area contributed by atoms with E-state index in [-0.39, 0.29) is 26.6 Å². The molecule has 2 aliphatic rings. The molecule has 0 spiro atoms. The zero-order valence-corrected chi connectivity index (χ0v) is 13.1. The Kier molecular flexibility index (Phi) is 3.82. The van der Waals surface area contributed by atoms with Gasteiger partial charge in [0.05, 0.1) is 5.69 Å². The molecule has 3 rings (SSSR count). The van der Waals surface area contributed by atoms with Crippen LogP contribution in [0, 0.1) is 11.8 Å². The molecule has 8 heteroatoms. The summed E-state index contributed by atoms with van der Waals surface area (Å²) in [6.45, 7) is 0. The largest absolute Gasteiger partial charge is 0.396 e. The molecule has 0 aliphatic heterocycles. The molecule has 0 saturated heterocycles. The minimum Gasteiger partial charge on any atom is -0.396 e. The van der Waals surface area contributed by atoms with Gasteiger partial charge >= 0.3 is 5.91 Å². The maximum atomic E-state index is 12.1. The van der Waals surface area contributed by atoms with Crippen molar-refractivity contribution in [2.75, 3.05) is 5.73 Å². The number of nitrogens with two attached hydrogens (primary N) is 1. The van der Waals surface area contributed by atoms with Gasteiger partial charge in [0.1, 0.15) is 10.0 Å². The number of aromatic amines is 1. The molecule has 2 atom stereocenters. The van der Waals surface area contributed by atoms with E-state index in [1.807, 2.05) is 0 Å². The third kappa shape index (κ3) is 2.50. The predicted molar refractivity (Wildman–Crippen MR) is 82.7 cm³/mol. The highest BCUT2D eigenvalue weighted by Crippen LogP contribution is 2.40. The van der Waals surface area contributed by atoms with Crippen molar-refractivity contribution in [3.05, 3.63) is 33.0 Å². The van der Waals surface area contributed by atoms with Crippen LogP contribution in [0.3, 0.4) is 0 Å². The van der Waals surface area contributed by atoms with Gasteiger partial charge in [-0.25, -0.2) is 5.43 Å². The van der Waals surface area contributed by atoms with Crippen LogP contribution in [-0.2, 0) is 0 Å². The molecular weight excluding hydrogens is 335 g/mol. The maximum absolute atomic E-state index is 12.1. The van der Waals surface area contributed by atoms with Gasteiger partial charge in [-0.15, -0.1) is 0 Å². The summed E-state index contributed by atoms with van der Waals surface area (Å²) in [4.78, 5) is 14.7. The third-order valence-electron chi connectivity index (χ3n) is 3.81. The Morgan fingerprint density at radius 3 is 2.86 bits per heavy atom. The molecule has 1 fully saturated rings. The number of nitrogen functional groups attached to an aromatic ring is 1. The second-order valence-corrected chi connectivity index (χ2v) is 6.17. The number of allylic oxidation sites excluding steroid dienone is 2.